The Kier molecular flexibility index (Phi) is 6.13. The lowest BCUT2D eigenvalue weighted by atomic mass is 10.0. The molecule has 1 unspecified atom stereocenters. The molecule has 0 aliphatic carbocycles. The Morgan fingerprint density at radius 1 is 1.26 bits per heavy atom. The Morgan fingerprint density at radius 3 is 2.57 bits per heavy atom. The molecule has 2 aromatic rings. The molecule has 1 amide bonds. The topological polar surface area (TPSA) is 40.5 Å². The van der Waals surface area contributed by atoms with E-state index in [2.05, 4.69) is 0 Å². The highest BCUT2D eigenvalue weighted by Gasteiger charge is 2.22. The van der Waals surface area contributed by atoms with Crippen LogP contribution < -0.4 is 0 Å². The third-order valence-electron chi connectivity index (χ3n) is 3.80. The van der Waals surface area contributed by atoms with E-state index in [9.17, 15) is 14.3 Å². The van der Waals surface area contributed by atoms with E-state index >= 15 is 0 Å². The summed E-state index contributed by atoms with van der Waals surface area (Å²) in [6.45, 7) is -0.0194. The number of nitrogens with zero attached hydrogens (tertiary/aromatic N) is 1. The van der Waals surface area contributed by atoms with Gasteiger partial charge in [-0.05, 0) is 29.7 Å². The number of aliphatic hydroxyl groups is 1. The molecule has 0 aliphatic rings. The van der Waals surface area contributed by atoms with Crippen molar-refractivity contribution in [3.63, 3.8) is 0 Å². The lowest BCUT2D eigenvalue weighted by Crippen LogP contribution is -2.33. The Balaban J connectivity index is 2.16. The maximum Gasteiger partial charge on any atom is 0.227 e. The molecule has 0 spiro atoms. The molecule has 122 valence electrons. The van der Waals surface area contributed by atoms with Crippen molar-refractivity contribution in [2.45, 2.75) is 18.9 Å². The van der Waals surface area contributed by atoms with Crippen LogP contribution in [0.4, 0.5) is 4.39 Å². The van der Waals surface area contributed by atoms with E-state index in [1.165, 1.54) is 18.2 Å². The highest BCUT2D eigenvalue weighted by molar-refractivity contribution is 6.31. The van der Waals surface area contributed by atoms with Crippen molar-refractivity contribution >= 4 is 17.5 Å². The van der Waals surface area contributed by atoms with Gasteiger partial charge in [-0.25, -0.2) is 4.39 Å². The first-order valence-corrected chi connectivity index (χ1v) is 7.76. The van der Waals surface area contributed by atoms with Gasteiger partial charge >= 0.3 is 0 Å². The van der Waals surface area contributed by atoms with Crippen molar-refractivity contribution in [3.05, 3.63) is 70.5 Å². The SMILES string of the molecule is CN(C(=O)Cc1ccc(F)cc1Cl)C(CCO)c1ccccc1. The van der Waals surface area contributed by atoms with Gasteiger partial charge < -0.3 is 10.0 Å². The second kappa shape index (κ2) is 8.09. The summed E-state index contributed by atoms with van der Waals surface area (Å²) < 4.78 is 13.1. The summed E-state index contributed by atoms with van der Waals surface area (Å²) in [6.07, 6.45) is 0.535. The van der Waals surface area contributed by atoms with Crippen LogP contribution in [-0.2, 0) is 11.2 Å². The van der Waals surface area contributed by atoms with E-state index in [0.717, 1.165) is 5.56 Å². The number of carbonyl (C=O) groups excluding carboxylic acids is 1. The van der Waals surface area contributed by atoms with Crippen LogP contribution in [-0.4, -0.2) is 29.6 Å². The predicted octanol–water partition coefficient (Wildman–Crippen LogP) is 3.60. The molecular weight excluding hydrogens is 317 g/mol. The second-order valence-corrected chi connectivity index (χ2v) is 5.76. The third kappa shape index (κ3) is 4.53. The molecule has 0 saturated carbocycles. The van der Waals surface area contributed by atoms with Crippen LogP contribution in [0.3, 0.4) is 0 Å². The predicted molar refractivity (Wildman–Crippen MR) is 88.8 cm³/mol. The van der Waals surface area contributed by atoms with Crippen molar-refractivity contribution in [1.29, 1.82) is 0 Å². The maximum absolute atomic E-state index is 13.1. The highest BCUT2D eigenvalue weighted by atomic mass is 35.5. The van der Waals surface area contributed by atoms with Crippen LogP contribution in [0.5, 0.6) is 0 Å². The zero-order valence-electron chi connectivity index (χ0n) is 12.9. The van der Waals surface area contributed by atoms with Crippen LogP contribution in [0.15, 0.2) is 48.5 Å². The summed E-state index contributed by atoms with van der Waals surface area (Å²) in [5.74, 6) is -0.567. The summed E-state index contributed by atoms with van der Waals surface area (Å²) in [6, 6.07) is 13.3. The molecule has 3 nitrogen and oxygen atoms in total. The van der Waals surface area contributed by atoms with Gasteiger partial charge in [-0.2, -0.15) is 0 Å². The van der Waals surface area contributed by atoms with Crippen molar-refractivity contribution in [2.75, 3.05) is 13.7 Å². The summed E-state index contributed by atoms with van der Waals surface area (Å²) in [5, 5.41) is 9.53. The number of halogens is 2. The Bertz CT molecular complexity index is 663. The average molecular weight is 336 g/mol. The molecule has 0 radical (unpaired) electrons. The van der Waals surface area contributed by atoms with E-state index in [-0.39, 0.29) is 30.0 Å². The molecule has 1 N–H and O–H groups in total. The average Bonchev–Trinajstić information content (AvgIpc) is 2.55. The van der Waals surface area contributed by atoms with Gasteiger partial charge in [0.1, 0.15) is 5.82 Å². The molecule has 0 aliphatic heterocycles. The molecule has 2 aromatic carbocycles. The van der Waals surface area contributed by atoms with Gasteiger partial charge in [0.05, 0.1) is 12.5 Å². The first-order valence-electron chi connectivity index (χ1n) is 7.38. The molecule has 0 saturated heterocycles. The van der Waals surface area contributed by atoms with Crippen LogP contribution in [0, 0.1) is 5.82 Å². The lowest BCUT2D eigenvalue weighted by Gasteiger charge is -2.28. The fourth-order valence-electron chi connectivity index (χ4n) is 2.51. The zero-order valence-corrected chi connectivity index (χ0v) is 13.6. The van der Waals surface area contributed by atoms with E-state index in [1.807, 2.05) is 30.3 Å². The van der Waals surface area contributed by atoms with Gasteiger partial charge in [0.15, 0.2) is 0 Å². The first-order chi connectivity index (χ1) is 11.0. The molecule has 2 rings (SSSR count). The molecule has 23 heavy (non-hydrogen) atoms. The van der Waals surface area contributed by atoms with Crippen molar-refractivity contribution in [1.82, 2.24) is 4.90 Å². The van der Waals surface area contributed by atoms with Gasteiger partial charge in [0, 0.05) is 18.7 Å². The summed E-state index contributed by atoms with van der Waals surface area (Å²) in [5.41, 5.74) is 1.54. The van der Waals surface area contributed by atoms with Crippen LogP contribution >= 0.6 is 11.6 Å². The van der Waals surface area contributed by atoms with Crippen molar-refractivity contribution < 1.29 is 14.3 Å². The first kappa shape index (κ1) is 17.4. The van der Waals surface area contributed by atoms with Crippen LogP contribution in [0.25, 0.3) is 0 Å². The maximum atomic E-state index is 13.1. The number of hydrogen-bond acceptors (Lipinski definition) is 2. The Morgan fingerprint density at radius 2 is 1.96 bits per heavy atom. The second-order valence-electron chi connectivity index (χ2n) is 5.36. The minimum atomic E-state index is -0.429. The van der Waals surface area contributed by atoms with Gasteiger partial charge in [0.2, 0.25) is 5.91 Å². The molecule has 0 bridgehead atoms. The van der Waals surface area contributed by atoms with Gasteiger partial charge in [-0.15, -0.1) is 0 Å². The smallest absolute Gasteiger partial charge is 0.227 e. The van der Waals surface area contributed by atoms with Gasteiger partial charge in [0.25, 0.3) is 0 Å². The fourth-order valence-corrected chi connectivity index (χ4v) is 2.74. The minimum Gasteiger partial charge on any atom is -0.396 e. The summed E-state index contributed by atoms with van der Waals surface area (Å²) >= 11 is 5.99. The van der Waals surface area contributed by atoms with E-state index in [0.29, 0.717) is 12.0 Å². The number of rotatable bonds is 6. The number of likely N-dealkylation sites (N-methyl/N-ethyl adjacent to an activating group) is 1. The highest BCUT2D eigenvalue weighted by Crippen LogP contribution is 2.25. The quantitative estimate of drug-likeness (QED) is 0.876. The zero-order chi connectivity index (χ0) is 16.8. The summed E-state index contributed by atoms with van der Waals surface area (Å²) in [4.78, 5) is 14.1. The lowest BCUT2D eigenvalue weighted by molar-refractivity contribution is -0.131. The Hall–Kier alpha value is -1.91. The number of hydrogen-bond donors (Lipinski definition) is 1. The normalized spacial score (nSPS) is 12.0. The fraction of sp³-hybridized carbons (Fsp3) is 0.278. The number of benzene rings is 2. The van der Waals surface area contributed by atoms with E-state index in [1.54, 1.807) is 11.9 Å². The largest absolute Gasteiger partial charge is 0.396 e. The number of amides is 1. The molecule has 0 fully saturated rings. The van der Waals surface area contributed by atoms with Crippen LogP contribution in [0.1, 0.15) is 23.6 Å². The van der Waals surface area contributed by atoms with E-state index in [4.69, 9.17) is 11.6 Å². The molecule has 0 heterocycles. The summed E-state index contributed by atoms with van der Waals surface area (Å²) in [7, 11) is 1.70. The van der Waals surface area contributed by atoms with Gasteiger partial charge in [-0.3, -0.25) is 4.79 Å². The standard InChI is InChI=1S/C18H19ClFNO2/c1-21(17(9-10-22)13-5-3-2-4-6-13)18(23)11-14-7-8-15(20)12-16(14)19/h2-8,12,17,22H,9-11H2,1H3. The van der Waals surface area contributed by atoms with Crippen LogP contribution in [0.2, 0.25) is 5.02 Å². The van der Waals surface area contributed by atoms with Gasteiger partial charge in [-0.1, -0.05) is 48.0 Å². The third-order valence-corrected chi connectivity index (χ3v) is 4.16. The number of aliphatic hydroxyl groups excluding tert-OH is 1. The molecule has 1 atom stereocenters. The molecular formula is C18H19ClFNO2. The molecule has 0 aromatic heterocycles. The molecule has 5 heteroatoms. The van der Waals surface area contributed by atoms with Crippen molar-refractivity contribution in [2.24, 2.45) is 0 Å². The van der Waals surface area contributed by atoms with Crippen molar-refractivity contribution in [3.8, 4) is 0 Å². The monoisotopic (exact) mass is 335 g/mol. The minimum absolute atomic E-state index is 0.0194. The number of carbonyl (C=O) groups is 1. The Labute approximate surface area is 140 Å². The van der Waals surface area contributed by atoms with E-state index < -0.39 is 5.82 Å².